The van der Waals surface area contributed by atoms with E-state index >= 15 is 0 Å². The summed E-state index contributed by atoms with van der Waals surface area (Å²) in [6, 6.07) is 4.55. The molecule has 0 atom stereocenters. The first-order chi connectivity index (χ1) is 9.10. The molecule has 0 aromatic carbocycles. The molecule has 0 saturated heterocycles. The van der Waals surface area contributed by atoms with E-state index < -0.39 is 5.95 Å². The molecule has 98 valence electrons. The number of ether oxygens (including phenoxy) is 1. The van der Waals surface area contributed by atoms with Gasteiger partial charge in [0.05, 0.1) is 23.6 Å². The fourth-order valence-corrected chi connectivity index (χ4v) is 1.49. The van der Waals surface area contributed by atoms with E-state index in [1.54, 1.807) is 31.4 Å². The number of nitrogens with one attached hydrogen (secondary N) is 1. The fourth-order valence-electron chi connectivity index (χ4n) is 1.49. The lowest BCUT2D eigenvalue weighted by Crippen LogP contribution is -2.21. The number of H-pyrrole nitrogens is 1. The highest BCUT2D eigenvalue weighted by Crippen LogP contribution is 2.08. The van der Waals surface area contributed by atoms with Crippen LogP contribution in [0.15, 0.2) is 30.0 Å². The van der Waals surface area contributed by atoms with Crippen LogP contribution >= 0.6 is 0 Å². The number of nitrogens with zero attached hydrogens (tertiary/aromatic N) is 2. The predicted octanol–water partition coefficient (Wildman–Crippen LogP) is 1.35. The lowest BCUT2D eigenvalue weighted by atomic mass is 10.3. The van der Waals surface area contributed by atoms with Crippen molar-refractivity contribution in [2.45, 2.75) is 6.92 Å². The van der Waals surface area contributed by atoms with Gasteiger partial charge in [0.15, 0.2) is 5.82 Å². The van der Waals surface area contributed by atoms with Crippen molar-refractivity contribution in [3.05, 3.63) is 46.7 Å². The maximum atomic E-state index is 13.1. The minimum Gasteiger partial charge on any atom is -0.501 e. The zero-order valence-electron chi connectivity index (χ0n) is 10.8. The van der Waals surface area contributed by atoms with Crippen molar-refractivity contribution in [3.63, 3.8) is 0 Å². The Labute approximate surface area is 110 Å². The number of rotatable bonds is 3. The first-order valence-corrected chi connectivity index (χ1v) is 5.70. The van der Waals surface area contributed by atoms with Crippen LogP contribution in [0.2, 0.25) is 0 Å². The minimum absolute atomic E-state index is 0.442. The Kier molecular flexibility index (Phi) is 3.75. The first-order valence-electron chi connectivity index (χ1n) is 5.70. The van der Waals surface area contributed by atoms with Crippen LogP contribution in [-0.2, 0) is 4.74 Å². The van der Waals surface area contributed by atoms with Gasteiger partial charge >= 0.3 is 0 Å². The number of halogens is 1. The van der Waals surface area contributed by atoms with E-state index in [2.05, 4.69) is 21.5 Å². The third-order valence-corrected chi connectivity index (χ3v) is 2.58. The number of methoxy groups -OCH3 is 1. The molecule has 0 spiro atoms. The Balaban J connectivity index is 2.45. The molecule has 1 N–H and O–H groups in total. The molecule has 2 rings (SSSR count). The lowest BCUT2D eigenvalue weighted by molar-refractivity contribution is 0.294. The number of hydrogen-bond acceptors (Lipinski definition) is 3. The summed E-state index contributed by atoms with van der Waals surface area (Å²) in [7, 11) is 1.60. The van der Waals surface area contributed by atoms with Crippen LogP contribution in [0.1, 0.15) is 6.92 Å². The van der Waals surface area contributed by atoms with Crippen LogP contribution in [0.5, 0.6) is 0 Å². The average molecular weight is 259 g/mol. The molecule has 0 bridgehead atoms. The van der Waals surface area contributed by atoms with E-state index in [0.29, 0.717) is 16.9 Å². The second-order valence-corrected chi connectivity index (χ2v) is 3.94. The van der Waals surface area contributed by atoms with Gasteiger partial charge in [-0.2, -0.15) is 4.39 Å². The summed E-state index contributed by atoms with van der Waals surface area (Å²) in [5.41, 5.74) is 0.442. The van der Waals surface area contributed by atoms with E-state index in [-0.39, 0.29) is 0 Å². The molecule has 19 heavy (non-hydrogen) atoms. The van der Waals surface area contributed by atoms with Crippen LogP contribution in [-0.4, -0.2) is 22.1 Å². The number of imidazole rings is 1. The van der Waals surface area contributed by atoms with Gasteiger partial charge < -0.3 is 9.72 Å². The predicted molar refractivity (Wildman–Crippen MR) is 71.8 cm³/mol. The molecule has 2 aromatic rings. The van der Waals surface area contributed by atoms with E-state index in [4.69, 9.17) is 4.74 Å². The standard InChI is InChI=1S/C14H14FN3O/c1-9(19-3)7-8-11-10(2)16-14(18-11)12-5-4-6-13(15)17-12/h4-8H,2H2,1,3H3,(H,16,18)/b9-7+,11-8+. The Bertz CT molecular complexity index is 719. The number of aromatic nitrogens is 3. The Hall–Kier alpha value is -2.43. The van der Waals surface area contributed by atoms with Gasteiger partial charge in [-0.1, -0.05) is 12.6 Å². The van der Waals surface area contributed by atoms with Gasteiger partial charge in [0.25, 0.3) is 0 Å². The highest BCUT2D eigenvalue weighted by atomic mass is 19.1. The number of aromatic amines is 1. The summed E-state index contributed by atoms with van der Waals surface area (Å²) >= 11 is 0. The maximum absolute atomic E-state index is 13.1. The molecule has 4 nitrogen and oxygen atoms in total. The van der Waals surface area contributed by atoms with E-state index in [1.165, 1.54) is 6.07 Å². The van der Waals surface area contributed by atoms with E-state index in [1.807, 2.05) is 6.92 Å². The van der Waals surface area contributed by atoms with Crippen molar-refractivity contribution in [2.24, 2.45) is 0 Å². The minimum atomic E-state index is -0.542. The van der Waals surface area contributed by atoms with Crippen molar-refractivity contribution in [3.8, 4) is 11.5 Å². The second kappa shape index (κ2) is 5.48. The van der Waals surface area contributed by atoms with Crippen LogP contribution < -0.4 is 10.7 Å². The van der Waals surface area contributed by atoms with Gasteiger partial charge in [-0.15, -0.1) is 0 Å². The van der Waals surface area contributed by atoms with Gasteiger partial charge in [-0.05, 0) is 31.2 Å². The van der Waals surface area contributed by atoms with Crippen LogP contribution in [0.3, 0.4) is 0 Å². The number of hydrogen-bond donors (Lipinski definition) is 1. The van der Waals surface area contributed by atoms with E-state index in [9.17, 15) is 4.39 Å². The second-order valence-electron chi connectivity index (χ2n) is 3.94. The van der Waals surface area contributed by atoms with Crippen LogP contribution in [0.4, 0.5) is 4.39 Å². The quantitative estimate of drug-likeness (QED) is 0.668. The van der Waals surface area contributed by atoms with Crippen LogP contribution in [0, 0.1) is 5.95 Å². The summed E-state index contributed by atoms with van der Waals surface area (Å²) < 4.78 is 18.1. The molecule has 0 aliphatic carbocycles. The normalized spacial score (nSPS) is 12.8. The molecular formula is C14H14FN3O. The van der Waals surface area contributed by atoms with Gasteiger partial charge in [0, 0.05) is 0 Å². The van der Waals surface area contributed by atoms with E-state index in [0.717, 1.165) is 11.1 Å². The Morgan fingerprint density at radius 3 is 2.89 bits per heavy atom. The summed E-state index contributed by atoms with van der Waals surface area (Å²) in [4.78, 5) is 11.0. The summed E-state index contributed by atoms with van der Waals surface area (Å²) in [5, 5.41) is 1.30. The monoisotopic (exact) mass is 259 g/mol. The fraction of sp³-hybridized carbons (Fsp3) is 0.143. The van der Waals surface area contributed by atoms with Crippen molar-refractivity contribution in [1.29, 1.82) is 0 Å². The molecular weight excluding hydrogens is 245 g/mol. The molecule has 5 heteroatoms. The zero-order chi connectivity index (χ0) is 13.8. The summed E-state index contributed by atoms with van der Waals surface area (Å²) in [6.45, 7) is 5.67. The highest BCUT2D eigenvalue weighted by molar-refractivity contribution is 5.49. The van der Waals surface area contributed by atoms with Gasteiger partial charge in [0.1, 0.15) is 5.69 Å². The summed E-state index contributed by atoms with van der Waals surface area (Å²) in [5.74, 6) is 0.707. The third-order valence-electron chi connectivity index (χ3n) is 2.58. The molecule has 0 aliphatic heterocycles. The van der Waals surface area contributed by atoms with Crippen molar-refractivity contribution in [1.82, 2.24) is 15.0 Å². The van der Waals surface area contributed by atoms with Gasteiger partial charge in [0.2, 0.25) is 5.95 Å². The molecule has 0 saturated carbocycles. The highest BCUT2D eigenvalue weighted by Gasteiger charge is 2.04. The van der Waals surface area contributed by atoms with Crippen molar-refractivity contribution in [2.75, 3.05) is 7.11 Å². The Morgan fingerprint density at radius 2 is 2.21 bits per heavy atom. The molecule has 2 heterocycles. The first kappa shape index (κ1) is 13.0. The third kappa shape index (κ3) is 3.07. The summed E-state index contributed by atoms with van der Waals surface area (Å²) in [6.07, 6.45) is 3.60. The van der Waals surface area contributed by atoms with Crippen LogP contribution in [0.25, 0.3) is 24.2 Å². The topological polar surface area (TPSA) is 50.8 Å². The molecule has 0 unspecified atom stereocenters. The molecule has 0 aliphatic rings. The molecule has 0 fully saturated rings. The maximum Gasteiger partial charge on any atom is 0.213 e. The molecule has 0 radical (unpaired) electrons. The van der Waals surface area contributed by atoms with Gasteiger partial charge in [-0.25, -0.2) is 9.97 Å². The molecule has 2 aromatic heterocycles. The largest absolute Gasteiger partial charge is 0.501 e. The Morgan fingerprint density at radius 1 is 1.42 bits per heavy atom. The number of pyridine rings is 1. The molecule has 0 amide bonds. The smallest absolute Gasteiger partial charge is 0.213 e. The average Bonchev–Trinajstić information content (AvgIpc) is 2.77. The van der Waals surface area contributed by atoms with Crippen molar-refractivity contribution >= 4 is 12.7 Å². The zero-order valence-corrected chi connectivity index (χ0v) is 10.8. The SMILES string of the molecule is C=c1nc(-c2cccc(F)n2)[nH]/c1=C/C=C(\C)OC. The number of allylic oxidation sites excluding steroid dienone is 2. The van der Waals surface area contributed by atoms with Crippen molar-refractivity contribution < 1.29 is 9.13 Å². The van der Waals surface area contributed by atoms with Gasteiger partial charge in [-0.3, -0.25) is 0 Å². The lowest BCUT2D eigenvalue weighted by Gasteiger charge is -1.94.